The van der Waals surface area contributed by atoms with Gasteiger partial charge in [0, 0.05) is 0 Å². The second-order valence-corrected chi connectivity index (χ2v) is 5.15. The molecule has 0 N–H and O–H groups in total. The maximum Gasteiger partial charge on any atom is 0.403 e. The van der Waals surface area contributed by atoms with E-state index in [1.807, 2.05) is 20.8 Å². The van der Waals surface area contributed by atoms with E-state index in [1.54, 1.807) is 0 Å². The van der Waals surface area contributed by atoms with Crippen molar-refractivity contribution in [2.75, 3.05) is 19.8 Å². The van der Waals surface area contributed by atoms with Crippen molar-refractivity contribution in [2.45, 2.75) is 37.4 Å². The quantitative estimate of drug-likeness (QED) is 0.572. The van der Waals surface area contributed by atoms with E-state index in [9.17, 15) is 13.2 Å². The molecule has 0 aliphatic heterocycles. The van der Waals surface area contributed by atoms with Crippen LogP contribution >= 0.6 is 15.9 Å². The number of ether oxygens (including phenoxy) is 2. The van der Waals surface area contributed by atoms with E-state index in [2.05, 4.69) is 15.9 Å². The lowest BCUT2D eigenvalue weighted by molar-refractivity contribution is -0.139. The summed E-state index contributed by atoms with van der Waals surface area (Å²) < 4.78 is 46.1. The van der Waals surface area contributed by atoms with Crippen LogP contribution in [0.25, 0.3) is 0 Å². The molecule has 1 unspecified atom stereocenters. The first-order valence-electron chi connectivity index (χ1n) is 4.55. The maximum atomic E-state index is 12.0. The van der Waals surface area contributed by atoms with Crippen LogP contribution in [0, 0.1) is 0 Å². The van der Waals surface area contributed by atoms with E-state index in [1.165, 1.54) is 0 Å². The van der Waals surface area contributed by atoms with Crippen molar-refractivity contribution in [3.63, 3.8) is 0 Å². The third-order valence-corrected chi connectivity index (χ3v) is 2.17. The summed E-state index contributed by atoms with van der Waals surface area (Å²) in [6.07, 6.45) is -4.26. The highest BCUT2D eigenvalue weighted by atomic mass is 79.9. The molecule has 0 bridgehead atoms. The molecule has 2 nitrogen and oxygen atoms in total. The second-order valence-electron chi connectivity index (χ2n) is 4.04. The van der Waals surface area contributed by atoms with Crippen LogP contribution in [0.2, 0.25) is 0 Å². The van der Waals surface area contributed by atoms with Gasteiger partial charge in [-0.05, 0) is 20.8 Å². The maximum absolute atomic E-state index is 12.0. The normalized spacial score (nSPS) is 15.4. The molecule has 1 atom stereocenters. The van der Waals surface area contributed by atoms with Crippen molar-refractivity contribution in [1.82, 2.24) is 0 Å². The Labute approximate surface area is 96.3 Å². The van der Waals surface area contributed by atoms with Crippen LogP contribution in [-0.2, 0) is 9.47 Å². The van der Waals surface area contributed by atoms with E-state index in [0.717, 1.165) is 0 Å². The first-order valence-corrected chi connectivity index (χ1v) is 5.47. The summed E-state index contributed by atoms with van der Waals surface area (Å²) in [6.45, 7) is 5.68. The van der Waals surface area contributed by atoms with Gasteiger partial charge in [-0.1, -0.05) is 15.9 Å². The predicted octanol–water partition coefficient (Wildman–Crippen LogP) is 3.14. The molecule has 0 radical (unpaired) electrons. The van der Waals surface area contributed by atoms with Gasteiger partial charge in [0.15, 0.2) is 0 Å². The van der Waals surface area contributed by atoms with Crippen molar-refractivity contribution < 1.29 is 22.6 Å². The molecule has 0 aliphatic carbocycles. The van der Waals surface area contributed by atoms with Crippen molar-refractivity contribution in [2.24, 2.45) is 0 Å². The molecule has 0 rings (SSSR count). The van der Waals surface area contributed by atoms with Crippen LogP contribution in [0.15, 0.2) is 0 Å². The third kappa shape index (κ3) is 9.14. The Kier molecular flexibility index (Phi) is 6.13. The third-order valence-electron chi connectivity index (χ3n) is 1.38. The molecule has 0 aromatic heterocycles. The monoisotopic (exact) mass is 292 g/mol. The van der Waals surface area contributed by atoms with Gasteiger partial charge in [0.2, 0.25) is 0 Å². The summed E-state index contributed by atoms with van der Waals surface area (Å²) in [5.41, 5.74) is -0.290. The van der Waals surface area contributed by atoms with Crippen molar-refractivity contribution in [1.29, 1.82) is 0 Å². The fraction of sp³-hybridized carbons (Fsp3) is 1.00. The lowest BCUT2D eigenvalue weighted by atomic mass is 10.2. The summed E-state index contributed by atoms with van der Waals surface area (Å²) in [5, 5.41) is 0. The van der Waals surface area contributed by atoms with Crippen LogP contribution in [0.5, 0.6) is 0 Å². The smallest absolute Gasteiger partial charge is 0.378 e. The van der Waals surface area contributed by atoms with Gasteiger partial charge in [-0.2, -0.15) is 13.2 Å². The van der Waals surface area contributed by atoms with E-state index < -0.39 is 17.6 Å². The van der Waals surface area contributed by atoms with Gasteiger partial charge in [-0.3, -0.25) is 0 Å². The zero-order chi connectivity index (χ0) is 12.1. The van der Waals surface area contributed by atoms with Gasteiger partial charge in [-0.25, -0.2) is 0 Å². The van der Waals surface area contributed by atoms with Gasteiger partial charge in [0.1, 0.15) is 4.83 Å². The molecule has 0 amide bonds. The summed E-state index contributed by atoms with van der Waals surface area (Å²) in [4.78, 5) is -1.61. The van der Waals surface area contributed by atoms with E-state index in [4.69, 9.17) is 9.47 Å². The van der Waals surface area contributed by atoms with Crippen LogP contribution in [0.4, 0.5) is 13.2 Å². The number of halogens is 4. The highest BCUT2D eigenvalue weighted by molar-refractivity contribution is 9.09. The molecule has 92 valence electrons. The molecular weight excluding hydrogens is 277 g/mol. The molecule has 0 saturated carbocycles. The molecule has 0 spiro atoms. The van der Waals surface area contributed by atoms with Gasteiger partial charge in [0.25, 0.3) is 0 Å². The summed E-state index contributed by atoms with van der Waals surface area (Å²) in [7, 11) is 0. The minimum absolute atomic E-state index is 0.162. The number of hydrogen-bond donors (Lipinski definition) is 0. The molecule has 0 saturated heterocycles. The molecule has 0 aromatic carbocycles. The minimum atomic E-state index is -4.26. The van der Waals surface area contributed by atoms with Crippen LogP contribution in [0.3, 0.4) is 0 Å². The standard InChI is InChI=1S/C9H16BrF3O2/c1-8(2,3)15-5-4-14-6-7(10)9(11,12)13/h7H,4-6H2,1-3H3. The molecule has 0 aromatic rings. The first kappa shape index (κ1) is 15.2. The predicted molar refractivity (Wildman–Crippen MR) is 55.3 cm³/mol. The Balaban J connectivity index is 3.48. The first-order chi connectivity index (χ1) is 6.63. The molecule has 0 fully saturated rings. The lowest BCUT2D eigenvalue weighted by Crippen LogP contribution is -2.29. The van der Waals surface area contributed by atoms with Gasteiger partial charge in [-0.15, -0.1) is 0 Å². The molecule has 15 heavy (non-hydrogen) atoms. The molecular formula is C9H16BrF3O2. The molecule has 0 aliphatic rings. The summed E-state index contributed by atoms with van der Waals surface area (Å²) >= 11 is 2.50. The summed E-state index contributed by atoms with van der Waals surface area (Å²) in [6, 6.07) is 0. The fourth-order valence-corrected chi connectivity index (χ4v) is 0.875. The zero-order valence-electron chi connectivity index (χ0n) is 9.03. The number of alkyl halides is 4. The van der Waals surface area contributed by atoms with Crippen LogP contribution < -0.4 is 0 Å². The number of hydrogen-bond acceptors (Lipinski definition) is 2. The topological polar surface area (TPSA) is 18.5 Å². The summed E-state index contributed by atoms with van der Waals surface area (Å²) in [5.74, 6) is 0. The minimum Gasteiger partial charge on any atom is -0.378 e. The van der Waals surface area contributed by atoms with Gasteiger partial charge in [0.05, 0.1) is 25.4 Å². The Morgan fingerprint density at radius 1 is 1.13 bits per heavy atom. The van der Waals surface area contributed by atoms with Gasteiger partial charge < -0.3 is 9.47 Å². The van der Waals surface area contributed by atoms with Crippen LogP contribution in [-0.4, -0.2) is 36.4 Å². The van der Waals surface area contributed by atoms with E-state index in [0.29, 0.717) is 6.61 Å². The average Bonchev–Trinajstić information content (AvgIpc) is 1.99. The van der Waals surface area contributed by atoms with Crippen molar-refractivity contribution in [3.8, 4) is 0 Å². The lowest BCUT2D eigenvalue weighted by Gasteiger charge is -2.20. The zero-order valence-corrected chi connectivity index (χ0v) is 10.6. The second kappa shape index (κ2) is 6.06. The average molecular weight is 293 g/mol. The highest BCUT2D eigenvalue weighted by Gasteiger charge is 2.37. The fourth-order valence-electron chi connectivity index (χ4n) is 0.688. The van der Waals surface area contributed by atoms with E-state index in [-0.39, 0.29) is 12.2 Å². The van der Waals surface area contributed by atoms with Crippen molar-refractivity contribution in [3.05, 3.63) is 0 Å². The number of rotatable bonds is 5. The largest absolute Gasteiger partial charge is 0.403 e. The van der Waals surface area contributed by atoms with Crippen molar-refractivity contribution >= 4 is 15.9 Å². The Hall–Kier alpha value is 0.190. The van der Waals surface area contributed by atoms with Crippen LogP contribution in [0.1, 0.15) is 20.8 Å². The Bertz CT molecular complexity index is 177. The highest BCUT2D eigenvalue weighted by Crippen LogP contribution is 2.26. The SMILES string of the molecule is CC(C)(C)OCCOCC(Br)C(F)(F)F. The molecule has 6 heteroatoms. The Morgan fingerprint density at radius 3 is 2.07 bits per heavy atom. The molecule has 0 heterocycles. The van der Waals surface area contributed by atoms with Gasteiger partial charge >= 0.3 is 6.18 Å². The Morgan fingerprint density at radius 2 is 1.67 bits per heavy atom. The van der Waals surface area contributed by atoms with E-state index >= 15 is 0 Å².